The Hall–Kier alpha value is -0.410. The Morgan fingerprint density at radius 2 is 2.08 bits per heavy atom. The Bertz CT molecular complexity index is 408. The van der Waals surface area contributed by atoms with Crippen molar-refractivity contribution in [2.24, 2.45) is 0 Å². The third kappa shape index (κ3) is 1.17. The molecule has 1 aromatic carbocycles. The zero-order valence-electron chi connectivity index (χ0n) is 6.18. The summed E-state index contributed by atoms with van der Waals surface area (Å²) in [5, 5.41) is 1.54. The van der Waals surface area contributed by atoms with Crippen LogP contribution in [-0.4, -0.2) is 0 Å². The molecule has 2 aromatic rings. The number of hydrogen-bond acceptors (Lipinski definition) is 1. The van der Waals surface area contributed by atoms with Crippen molar-refractivity contribution in [2.45, 2.75) is 5.33 Å². The van der Waals surface area contributed by atoms with E-state index in [1.54, 1.807) is 0 Å². The van der Waals surface area contributed by atoms with Crippen LogP contribution in [0.1, 0.15) is 5.56 Å². The van der Waals surface area contributed by atoms with Crippen LogP contribution in [0.2, 0.25) is 0 Å². The number of alkyl halides is 1. The lowest BCUT2D eigenvalue weighted by atomic mass is 10.2. The summed E-state index contributed by atoms with van der Waals surface area (Å²) in [5.74, 6) is 0. The van der Waals surface area contributed by atoms with Gasteiger partial charge in [0, 0.05) is 15.6 Å². The van der Waals surface area contributed by atoms with Crippen molar-refractivity contribution < 1.29 is 4.39 Å². The molecule has 12 heavy (non-hydrogen) atoms. The van der Waals surface area contributed by atoms with Gasteiger partial charge in [0.15, 0.2) is 5.13 Å². The van der Waals surface area contributed by atoms with Gasteiger partial charge in [-0.25, -0.2) is 0 Å². The number of fused-ring (bicyclic) bond motifs is 1. The van der Waals surface area contributed by atoms with E-state index >= 15 is 0 Å². The first-order valence-corrected chi connectivity index (χ1v) is 5.48. The Balaban J connectivity index is 2.81. The first kappa shape index (κ1) is 8.20. The molecule has 0 fully saturated rings. The molecule has 0 saturated heterocycles. The molecule has 0 bridgehead atoms. The van der Waals surface area contributed by atoms with Gasteiger partial charge in [0.1, 0.15) is 0 Å². The number of hydrogen-bond donors (Lipinski definition) is 0. The van der Waals surface area contributed by atoms with E-state index in [0.717, 1.165) is 15.6 Å². The Kier molecular flexibility index (Phi) is 2.15. The fourth-order valence-corrected chi connectivity index (χ4v) is 2.87. The molecule has 0 saturated carbocycles. The maximum Gasteiger partial charge on any atom is 0.181 e. The highest BCUT2D eigenvalue weighted by atomic mass is 79.9. The molecular formula is C9H6BrFS. The van der Waals surface area contributed by atoms with Crippen LogP contribution in [0.15, 0.2) is 24.3 Å². The monoisotopic (exact) mass is 244 g/mol. The minimum absolute atomic E-state index is 0.0759. The van der Waals surface area contributed by atoms with E-state index in [2.05, 4.69) is 15.9 Å². The summed E-state index contributed by atoms with van der Waals surface area (Å²) >= 11 is 4.48. The van der Waals surface area contributed by atoms with Gasteiger partial charge in [-0.1, -0.05) is 34.1 Å². The molecule has 1 aromatic heterocycles. The minimum Gasteiger partial charge on any atom is -0.195 e. The number of thiophene rings is 1. The van der Waals surface area contributed by atoms with Crippen LogP contribution in [0.25, 0.3) is 10.1 Å². The molecule has 62 valence electrons. The third-order valence-corrected chi connectivity index (χ3v) is 3.34. The molecule has 0 radical (unpaired) electrons. The van der Waals surface area contributed by atoms with E-state index in [9.17, 15) is 4.39 Å². The van der Waals surface area contributed by atoms with Gasteiger partial charge >= 0.3 is 0 Å². The molecule has 0 aliphatic heterocycles. The van der Waals surface area contributed by atoms with Crippen LogP contribution in [0, 0.1) is 5.13 Å². The standard InChI is InChI=1S/C9H6BrFS/c10-5-7-6-3-1-2-4-8(6)12-9(7)11/h1-4H,5H2. The average Bonchev–Trinajstić information content (AvgIpc) is 2.40. The predicted octanol–water partition coefficient (Wildman–Crippen LogP) is 3.94. The van der Waals surface area contributed by atoms with Crippen LogP contribution >= 0.6 is 27.3 Å². The van der Waals surface area contributed by atoms with Crippen molar-refractivity contribution in [1.82, 2.24) is 0 Å². The predicted molar refractivity (Wildman–Crippen MR) is 54.4 cm³/mol. The number of halogens is 2. The molecular weight excluding hydrogens is 239 g/mol. The Morgan fingerprint density at radius 1 is 1.33 bits per heavy atom. The molecule has 0 amide bonds. The highest BCUT2D eigenvalue weighted by Gasteiger charge is 2.08. The zero-order valence-corrected chi connectivity index (χ0v) is 8.58. The second kappa shape index (κ2) is 3.15. The molecule has 0 unspecified atom stereocenters. The van der Waals surface area contributed by atoms with E-state index in [1.807, 2.05) is 24.3 Å². The summed E-state index contributed by atoms with van der Waals surface area (Å²) in [6, 6.07) is 7.75. The zero-order chi connectivity index (χ0) is 8.55. The largest absolute Gasteiger partial charge is 0.195 e. The van der Waals surface area contributed by atoms with Crippen molar-refractivity contribution in [3.8, 4) is 0 Å². The second-order valence-corrected chi connectivity index (χ2v) is 4.05. The Labute approximate surface area is 82.2 Å². The van der Waals surface area contributed by atoms with Crippen molar-refractivity contribution in [3.05, 3.63) is 35.0 Å². The van der Waals surface area contributed by atoms with E-state index in [0.29, 0.717) is 5.33 Å². The molecule has 1 heterocycles. The first-order chi connectivity index (χ1) is 5.83. The van der Waals surface area contributed by atoms with Gasteiger partial charge in [0.25, 0.3) is 0 Å². The molecule has 2 rings (SSSR count). The lowest BCUT2D eigenvalue weighted by Gasteiger charge is -1.90. The van der Waals surface area contributed by atoms with E-state index in [4.69, 9.17) is 0 Å². The van der Waals surface area contributed by atoms with Crippen LogP contribution < -0.4 is 0 Å². The van der Waals surface area contributed by atoms with Gasteiger partial charge in [0.05, 0.1) is 0 Å². The summed E-state index contributed by atoms with van der Waals surface area (Å²) in [6.45, 7) is 0. The average molecular weight is 245 g/mol. The van der Waals surface area contributed by atoms with Gasteiger partial charge in [0.2, 0.25) is 0 Å². The fourth-order valence-electron chi connectivity index (χ4n) is 1.19. The Morgan fingerprint density at radius 3 is 2.83 bits per heavy atom. The quantitative estimate of drug-likeness (QED) is 0.667. The van der Waals surface area contributed by atoms with Crippen LogP contribution in [-0.2, 0) is 5.33 Å². The van der Waals surface area contributed by atoms with E-state index < -0.39 is 0 Å². The third-order valence-electron chi connectivity index (χ3n) is 1.78. The van der Waals surface area contributed by atoms with Crippen molar-refractivity contribution in [2.75, 3.05) is 0 Å². The van der Waals surface area contributed by atoms with Crippen molar-refractivity contribution in [3.63, 3.8) is 0 Å². The molecule has 0 aliphatic carbocycles. The topological polar surface area (TPSA) is 0 Å². The normalized spacial score (nSPS) is 10.8. The maximum absolute atomic E-state index is 13.2. The van der Waals surface area contributed by atoms with Crippen molar-refractivity contribution in [1.29, 1.82) is 0 Å². The number of rotatable bonds is 1. The summed E-state index contributed by atoms with van der Waals surface area (Å²) in [5.41, 5.74) is 0.774. The highest BCUT2D eigenvalue weighted by molar-refractivity contribution is 9.08. The smallest absolute Gasteiger partial charge is 0.181 e. The maximum atomic E-state index is 13.2. The molecule has 0 aliphatic rings. The molecule has 3 heteroatoms. The molecule has 0 spiro atoms. The van der Waals surface area contributed by atoms with Crippen LogP contribution in [0.3, 0.4) is 0 Å². The fraction of sp³-hybridized carbons (Fsp3) is 0.111. The van der Waals surface area contributed by atoms with Crippen LogP contribution in [0.5, 0.6) is 0 Å². The number of benzene rings is 1. The second-order valence-electron chi connectivity index (χ2n) is 2.48. The van der Waals surface area contributed by atoms with Gasteiger partial charge in [-0.05, 0) is 11.5 Å². The first-order valence-electron chi connectivity index (χ1n) is 3.55. The van der Waals surface area contributed by atoms with Crippen molar-refractivity contribution >= 4 is 37.4 Å². The van der Waals surface area contributed by atoms with Gasteiger partial charge in [-0.15, -0.1) is 11.3 Å². The lowest BCUT2D eigenvalue weighted by molar-refractivity contribution is 0.649. The summed E-state index contributed by atoms with van der Waals surface area (Å²) in [7, 11) is 0. The van der Waals surface area contributed by atoms with E-state index in [-0.39, 0.29) is 5.13 Å². The van der Waals surface area contributed by atoms with Gasteiger partial charge in [-0.3, -0.25) is 0 Å². The molecule has 0 N–H and O–H groups in total. The van der Waals surface area contributed by atoms with Gasteiger partial charge < -0.3 is 0 Å². The molecule has 0 atom stereocenters. The molecule has 0 nitrogen and oxygen atoms in total. The van der Waals surface area contributed by atoms with Gasteiger partial charge in [-0.2, -0.15) is 4.39 Å². The lowest BCUT2D eigenvalue weighted by Crippen LogP contribution is -1.76. The summed E-state index contributed by atoms with van der Waals surface area (Å²) < 4.78 is 14.2. The summed E-state index contributed by atoms with van der Waals surface area (Å²) in [4.78, 5) is 0. The summed E-state index contributed by atoms with van der Waals surface area (Å²) in [6.07, 6.45) is 0. The highest BCUT2D eigenvalue weighted by Crippen LogP contribution is 2.30. The SMILES string of the molecule is Fc1sc2ccccc2c1CBr. The van der Waals surface area contributed by atoms with E-state index in [1.165, 1.54) is 11.3 Å². The minimum atomic E-state index is -0.0759. The van der Waals surface area contributed by atoms with Crippen LogP contribution in [0.4, 0.5) is 4.39 Å².